The van der Waals surface area contributed by atoms with Crippen LogP contribution in [0, 0.1) is 12.8 Å². The van der Waals surface area contributed by atoms with Crippen molar-refractivity contribution >= 4 is 34.0 Å². The zero-order chi connectivity index (χ0) is 15.7. The second-order valence-electron chi connectivity index (χ2n) is 6.46. The van der Waals surface area contributed by atoms with Crippen LogP contribution in [0.2, 0.25) is 5.02 Å². The first-order valence-corrected chi connectivity index (χ1v) is 9.78. The maximum atomic E-state index is 12.7. The van der Waals surface area contributed by atoms with Crippen molar-refractivity contribution in [3.05, 3.63) is 28.8 Å². The lowest BCUT2D eigenvalue weighted by atomic mass is 10.1. The molecule has 130 valence electrons. The summed E-state index contributed by atoms with van der Waals surface area (Å²) in [4.78, 5) is 0.226. The van der Waals surface area contributed by atoms with Crippen molar-refractivity contribution in [2.75, 3.05) is 19.6 Å². The Kier molecular flexibility index (Phi) is 6.36. The van der Waals surface area contributed by atoms with Crippen molar-refractivity contribution in [1.29, 1.82) is 0 Å². The molecule has 0 unspecified atom stereocenters. The maximum absolute atomic E-state index is 12.7. The van der Waals surface area contributed by atoms with Crippen molar-refractivity contribution in [3.8, 4) is 0 Å². The summed E-state index contributed by atoms with van der Waals surface area (Å²) in [6, 6.07) is 5.56. The van der Waals surface area contributed by atoms with Gasteiger partial charge < -0.3 is 5.32 Å². The van der Waals surface area contributed by atoms with Crippen molar-refractivity contribution < 1.29 is 8.42 Å². The SMILES string of the molecule is Cc1ccc(S(=O)(=O)N2CCC(NCC3CC3)CC2)c(Cl)c1.Cl. The van der Waals surface area contributed by atoms with E-state index in [1.54, 1.807) is 22.5 Å². The van der Waals surface area contributed by atoms with Gasteiger partial charge in [0.05, 0.1) is 5.02 Å². The lowest BCUT2D eigenvalue weighted by molar-refractivity contribution is 0.288. The van der Waals surface area contributed by atoms with E-state index in [2.05, 4.69) is 5.32 Å². The molecule has 7 heteroatoms. The second-order valence-corrected chi connectivity index (χ2v) is 8.78. The number of piperidine rings is 1. The van der Waals surface area contributed by atoms with Gasteiger partial charge in [0.1, 0.15) is 4.90 Å². The fourth-order valence-electron chi connectivity index (χ4n) is 2.91. The summed E-state index contributed by atoms with van der Waals surface area (Å²) in [6.45, 7) is 4.12. The lowest BCUT2D eigenvalue weighted by Gasteiger charge is -2.32. The number of halogens is 2. The third kappa shape index (κ3) is 4.60. The van der Waals surface area contributed by atoms with Crippen molar-refractivity contribution in [2.45, 2.75) is 43.5 Å². The van der Waals surface area contributed by atoms with E-state index in [9.17, 15) is 8.42 Å². The molecule has 0 spiro atoms. The molecule has 1 aliphatic carbocycles. The van der Waals surface area contributed by atoms with Gasteiger partial charge in [0.2, 0.25) is 10.0 Å². The summed E-state index contributed by atoms with van der Waals surface area (Å²) >= 11 is 6.14. The molecule has 0 bridgehead atoms. The first-order valence-electron chi connectivity index (χ1n) is 7.96. The molecular formula is C16H24Cl2N2O2S. The summed E-state index contributed by atoms with van der Waals surface area (Å²) in [5, 5.41) is 3.88. The van der Waals surface area contributed by atoms with Gasteiger partial charge in [0.25, 0.3) is 0 Å². The van der Waals surface area contributed by atoms with Crippen LogP contribution in [-0.4, -0.2) is 38.4 Å². The van der Waals surface area contributed by atoms with Crippen LogP contribution in [0.15, 0.2) is 23.1 Å². The Labute approximate surface area is 150 Å². The molecule has 4 nitrogen and oxygen atoms in total. The van der Waals surface area contributed by atoms with E-state index in [1.165, 1.54) is 12.8 Å². The monoisotopic (exact) mass is 378 g/mol. The van der Waals surface area contributed by atoms with Crippen LogP contribution in [0.25, 0.3) is 0 Å². The van der Waals surface area contributed by atoms with E-state index in [-0.39, 0.29) is 17.3 Å². The fraction of sp³-hybridized carbons (Fsp3) is 0.625. The molecule has 2 aliphatic rings. The maximum Gasteiger partial charge on any atom is 0.244 e. The predicted molar refractivity (Wildman–Crippen MR) is 95.9 cm³/mol. The van der Waals surface area contributed by atoms with Gasteiger partial charge in [0, 0.05) is 19.1 Å². The summed E-state index contributed by atoms with van der Waals surface area (Å²) in [5.41, 5.74) is 0.965. The number of aryl methyl sites for hydroxylation is 1. The minimum absolute atomic E-state index is 0. The lowest BCUT2D eigenvalue weighted by Crippen LogP contribution is -2.45. The molecule has 1 saturated heterocycles. The third-order valence-electron chi connectivity index (χ3n) is 4.55. The zero-order valence-corrected chi connectivity index (χ0v) is 15.7. The number of hydrogen-bond acceptors (Lipinski definition) is 3. The minimum atomic E-state index is -3.48. The molecule has 1 aromatic rings. The van der Waals surface area contributed by atoms with E-state index in [0.29, 0.717) is 24.2 Å². The molecule has 2 fully saturated rings. The van der Waals surface area contributed by atoms with E-state index in [1.807, 2.05) is 6.92 Å². The molecule has 0 amide bonds. The first-order chi connectivity index (χ1) is 10.5. The smallest absolute Gasteiger partial charge is 0.244 e. The molecule has 1 aromatic carbocycles. The quantitative estimate of drug-likeness (QED) is 0.855. The third-order valence-corrected chi connectivity index (χ3v) is 6.93. The van der Waals surface area contributed by atoms with Gasteiger partial charge >= 0.3 is 0 Å². The van der Waals surface area contributed by atoms with E-state index in [0.717, 1.165) is 30.9 Å². The highest BCUT2D eigenvalue weighted by molar-refractivity contribution is 7.89. The van der Waals surface area contributed by atoms with Gasteiger partial charge in [-0.2, -0.15) is 4.31 Å². The zero-order valence-electron chi connectivity index (χ0n) is 13.3. The molecular weight excluding hydrogens is 355 g/mol. The second kappa shape index (κ2) is 7.70. The molecule has 0 atom stereocenters. The Bertz CT molecular complexity index is 639. The van der Waals surface area contributed by atoms with Gasteiger partial charge in [-0.3, -0.25) is 0 Å². The Morgan fingerprint density at radius 3 is 2.43 bits per heavy atom. The van der Waals surface area contributed by atoms with Gasteiger partial charge in [-0.1, -0.05) is 17.7 Å². The van der Waals surface area contributed by atoms with Gasteiger partial charge in [-0.25, -0.2) is 8.42 Å². The average molecular weight is 379 g/mol. The highest BCUT2D eigenvalue weighted by Crippen LogP contribution is 2.29. The minimum Gasteiger partial charge on any atom is -0.314 e. The Morgan fingerprint density at radius 2 is 1.87 bits per heavy atom. The predicted octanol–water partition coefficient (Wildman–Crippen LogP) is 3.22. The van der Waals surface area contributed by atoms with Crippen LogP contribution in [0.3, 0.4) is 0 Å². The normalized spacial score (nSPS) is 20.3. The summed E-state index contributed by atoms with van der Waals surface area (Å²) in [7, 11) is -3.48. The van der Waals surface area contributed by atoms with Crippen LogP contribution < -0.4 is 5.32 Å². The van der Waals surface area contributed by atoms with Crippen LogP contribution in [0.4, 0.5) is 0 Å². The molecule has 1 saturated carbocycles. The molecule has 1 N–H and O–H groups in total. The molecule has 1 heterocycles. The largest absolute Gasteiger partial charge is 0.314 e. The topological polar surface area (TPSA) is 49.4 Å². The van der Waals surface area contributed by atoms with E-state index >= 15 is 0 Å². The summed E-state index contributed by atoms with van der Waals surface area (Å²) in [5.74, 6) is 0.855. The number of nitrogens with zero attached hydrogens (tertiary/aromatic N) is 1. The Morgan fingerprint density at radius 1 is 1.22 bits per heavy atom. The van der Waals surface area contributed by atoms with Gasteiger partial charge in [-0.05, 0) is 62.8 Å². The molecule has 0 aromatic heterocycles. The Hall–Kier alpha value is -0.330. The van der Waals surface area contributed by atoms with Crippen molar-refractivity contribution in [1.82, 2.24) is 9.62 Å². The van der Waals surface area contributed by atoms with Crippen LogP contribution in [0.1, 0.15) is 31.2 Å². The van der Waals surface area contributed by atoms with Gasteiger partial charge in [0.15, 0.2) is 0 Å². The van der Waals surface area contributed by atoms with Crippen LogP contribution in [-0.2, 0) is 10.0 Å². The molecule has 23 heavy (non-hydrogen) atoms. The molecule has 1 aliphatic heterocycles. The van der Waals surface area contributed by atoms with Crippen molar-refractivity contribution in [3.63, 3.8) is 0 Å². The highest BCUT2D eigenvalue weighted by atomic mass is 35.5. The number of rotatable bonds is 5. The van der Waals surface area contributed by atoms with E-state index in [4.69, 9.17) is 11.6 Å². The number of nitrogens with one attached hydrogen (secondary N) is 1. The number of hydrogen-bond donors (Lipinski definition) is 1. The first kappa shape index (κ1) is 19.0. The average Bonchev–Trinajstić information content (AvgIpc) is 3.29. The molecule has 3 rings (SSSR count). The fourth-order valence-corrected chi connectivity index (χ4v) is 4.95. The Balaban J connectivity index is 0.00000192. The summed E-state index contributed by atoms with van der Waals surface area (Å²) < 4.78 is 27.0. The standard InChI is InChI=1S/C16H23ClN2O2S.ClH/c1-12-2-5-16(15(17)10-12)22(20,21)19-8-6-14(7-9-19)18-11-13-3-4-13;/h2,5,10,13-14,18H,3-4,6-9,11H2,1H3;1H. The van der Waals surface area contributed by atoms with Crippen LogP contribution in [0.5, 0.6) is 0 Å². The van der Waals surface area contributed by atoms with Crippen molar-refractivity contribution in [2.24, 2.45) is 5.92 Å². The summed E-state index contributed by atoms with van der Waals surface area (Å²) in [6.07, 6.45) is 4.42. The highest BCUT2D eigenvalue weighted by Gasteiger charge is 2.31. The van der Waals surface area contributed by atoms with Crippen LogP contribution >= 0.6 is 24.0 Å². The molecule has 0 radical (unpaired) electrons. The number of sulfonamides is 1. The van der Waals surface area contributed by atoms with E-state index < -0.39 is 10.0 Å². The number of benzene rings is 1. The van der Waals surface area contributed by atoms with Gasteiger partial charge in [-0.15, -0.1) is 12.4 Å².